The maximum atomic E-state index is 13.9. The van der Waals surface area contributed by atoms with Gasteiger partial charge in [-0.25, -0.2) is 21.9 Å². The van der Waals surface area contributed by atoms with Gasteiger partial charge in [-0.15, -0.1) is 0 Å². The molecule has 2 fully saturated rings. The Bertz CT molecular complexity index is 1140. The molecule has 11 heteroatoms. The maximum Gasteiger partial charge on any atom is 0.240 e. The molecule has 182 valence electrons. The molecule has 2 heterocycles. The van der Waals surface area contributed by atoms with Gasteiger partial charge in [0.05, 0.1) is 28.7 Å². The molecule has 0 aromatic heterocycles. The summed E-state index contributed by atoms with van der Waals surface area (Å²) in [7, 11) is -3.76. The van der Waals surface area contributed by atoms with Crippen LogP contribution >= 0.6 is 0 Å². The molecule has 34 heavy (non-hydrogen) atoms. The Kier molecular flexibility index (Phi) is 7.75. The van der Waals surface area contributed by atoms with Crippen molar-refractivity contribution in [3.8, 4) is 11.8 Å². The number of ether oxygens (including phenoxy) is 2. The second kappa shape index (κ2) is 10.8. The first-order valence-corrected chi connectivity index (χ1v) is 12.5. The lowest BCUT2D eigenvalue weighted by Gasteiger charge is -2.45. The SMILES string of the molecule is N#Cc1ccc(OCCN2CC3CN(CCNS(=O)(=O)c4cccc(F)c4)CC(C2)O3)c(F)c1. The number of nitrogens with one attached hydrogen (secondary N) is 1. The summed E-state index contributed by atoms with van der Waals surface area (Å²) in [6, 6.07) is 10.9. The minimum Gasteiger partial charge on any atom is -0.489 e. The van der Waals surface area contributed by atoms with Gasteiger partial charge in [0.2, 0.25) is 10.0 Å². The highest BCUT2D eigenvalue weighted by atomic mass is 32.2. The van der Waals surface area contributed by atoms with Gasteiger partial charge < -0.3 is 9.47 Å². The third kappa shape index (κ3) is 6.28. The fraction of sp³-hybridized carbons (Fsp3) is 0.435. The van der Waals surface area contributed by atoms with Gasteiger partial charge >= 0.3 is 0 Å². The molecule has 1 N–H and O–H groups in total. The number of rotatable bonds is 9. The summed E-state index contributed by atoms with van der Waals surface area (Å²) in [6.07, 6.45) is -0.0297. The van der Waals surface area contributed by atoms with Crippen molar-refractivity contribution in [3.05, 3.63) is 59.7 Å². The number of nitrogens with zero attached hydrogens (tertiary/aromatic N) is 3. The summed E-state index contributed by atoms with van der Waals surface area (Å²) >= 11 is 0. The van der Waals surface area contributed by atoms with Crippen molar-refractivity contribution in [3.63, 3.8) is 0 Å². The summed E-state index contributed by atoms with van der Waals surface area (Å²) < 4.78 is 66.1. The first kappa shape index (κ1) is 24.5. The largest absolute Gasteiger partial charge is 0.489 e. The van der Waals surface area contributed by atoms with E-state index in [9.17, 15) is 17.2 Å². The number of halogens is 2. The molecule has 2 aliphatic rings. The van der Waals surface area contributed by atoms with Crippen LogP contribution in [-0.4, -0.2) is 82.8 Å². The third-order valence-corrected chi connectivity index (χ3v) is 7.24. The molecule has 2 aliphatic heterocycles. The zero-order chi connectivity index (χ0) is 24.1. The molecule has 8 nitrogen and oxygen atoms in total. The van der Waals surface area contributed by atoms with Crippen molar-refractivity contribution in [1.82, 2.24) is 14.5 Å². The number of fused-ring (bicyclic) bond motifs is 2. The summed E-state index contributed by atoms with van der Waals surface area (Å²) in [5, 5.41) is 8.81. The van der Waals surface area contributed by atoms with Crippen LogP contribution < -0.4 is 9.46 Å². The lowest BCUT2D eigenvalue weighted by atomic mass is 10.1. The number of nitriles is 1. The first-order chi connectivity index (χ1) is 16.3. The molecule has 2 aromatic rings. The van der Waals surface area contributed by atoms with Crippen LogP contribution in [0.2, 0.25) is 0 Å². The van der Waals surface area contributed by atoms with E-state index >= 15 is 0 Å². The highest BCUT2D eigenvalue weighted by molar-refractivity contribution is 7.89. The molecule has 2 atom stereocenters. The predicted octanol–water partition coefficient (Wildman–Crippen LogP) is 1.58. The summed E-state index contributed by atoms with van der Waals surface area (Å²) in [5.74, 6) is -1.03. The van der Waals surface area contributed by atoms with E-state index < -0.39 is 21.7 Å². The Morgan fingerprint density at radius 2 is 1.76 bits per heavy atom. The van der Waals surface area contributed by atoms with Gasteiger partial charge in [0.1, 0.15) is 12.4 Å². The van der Waals surface area contributed by atoms with E-state index in [2.05, 4.69) is 14.5 Å². The molecule has 2 unspecified atom stereocenters. The van der Waals surface area contributed by atoms with Gasteiger partial charge in [-0.2, -0.15) is 5.26 Å². The Labute approximate surface area is 197 Å². The van der Waals surface area contributed by atoms with Crippen LogP contribution in [0.4, 0.5) is 8.78 Å². The molecule has 4 rings (SSSR count). The van der Waals surface area contributed by atoms with Crippen molar-refractivity contribution in [1.29, 1.82) is 5.26 Å². The Balaban J connectivity index is 1.20. The van der Waals surface area contributed by atoms with Gasteiger partial charge in [0.25, 0.3) is 0 Å². The smallest absolute Gasteiger partial charge is 0.240 e. The molecule has 0 spiro atoms. The van der Waals surface area contributed by atoms with Crippen molar-refractivity contribution in [2.75, 3.05) is 52.4 Å². The van der Waals surface area contributed by atoms with Crippen LogP contribution in [0.15, 0.2) is 47.4 Å². The fourth-order valence-corrected chi connectivity index (χ4v) is 5.31. The van der Waals surface area contributed by atoms with E-state index in [0.29, 0.717) is 45.9 Å². The normalized spacial score (nSPS) is 21.2. The van der Waals surface area contributed by atoms with Crippen molar-refractivity contribution >= 4 is 10.0 Å². The minimum absolute atomic E-state index is 0.0148. The van der Waals surface area contributed by atoms with Crippen LogP contribution in [0.5, 0.6) is 5.75 Å². The predicted molar refractivity (Wildman–Crippen MR) is 120 cm³/mol. The van der Waals surface area contributed by atoms with Gasteiger partial charge in [-0.3, -0.25) is 9.80 Å². The van der Waals surface area contributed by atoms with Gasteiger partial charge in [0, 0.05) is 45.8 Å². The van der Waals surface area contributed by atoms with Gasteiger partial charge in [-0.05, 0) is 36.4 Å². The monoisotopic (exact) mass is 492 g/mol. The fourth-order valence-electron chi connectivity index (χ4n) is 4.25. The van der Waals surface area contributed by atoms with Crippen LogP contribution in [-0.2, 0) is 14.8 Å². The standard InChI is InChI=1S/C23H26F2N4O4S/c24-18-2-1-3-21(11-18)34(30,31)27-6-7-28-13-19-15-29(16-20(14-28)33-19)8-9-32-23-5-4-17(12-26)10-22(23)25/h1-5,10-11,19-20,27H,6-9,13-16H2. The van der Waals surface area contributed by atoms with Crippen molar-refractivity contribution in [2.24, 2.45) is 0 Å². The molecule has 0 aliphatic carbocycles. The molecular formula is C23H26F2N4O4S. The van der Waals surface area contributed by atoms with Crippen molar-refractivity contribution < 1.29 is 26.7 Å². The minimum atomic E-state index is -3.76. The highest BCUT2D eigenvalue weighted by Gasteiger charge is 2.34. The summed E-state index contributed by atoms with van der Waals surface area (Å²) in [4.78, 5) is 4.28. The molecule has 0 saturated carbocycles. The van der Waals surface area contributed by atoms with E-state index in [1.54, 1.807) is 0 Å². The average Bonchev–Trinajstić information content (AvgIpc) is 2.79. The van der Waals surface area contributed by atoms with E-state index in [1.807, 2.05) is 6.07 Å². The number of benzene rings is 2. The quantitative estimate of drug-likeness (QED) is 0.568. The Hall–Kier alpha value is -2.62. The third-order valence-electron chi connectivity index (χ3n) is 5.78. The highest BCUT2D eigenvalue weighted by Crippen LogP contribution is 2.20. The van der Waals surface area contributed by atoms with Crippen molar-refractivity contribution in [2.45, 2.75) is 17.1 Å². The average molecular weight is 493 g/mol. The van der Waals surface area contributed by atoms with E-state index in [4.69, 9.17) is 14.7 Å². The molecule has 0 radical (unpaired) electrons. The van der Waals surface area contributed by atoms with Gasteiger partial charge in [-0.1, -0.05) is 6.07 Å². The topological polar surface area (TPSA) is 94.9 Å². The molecule has 2 aromatic carbocycles. The second-order valence-corrected chi connectivity index (χ2v) is 10.1. The summed E-state index contributed by atoms with van der Waals surface area (Å²) in [5.41, 5.74) is 0.247. The summed E-state index contributed by atoms with van der Waals surface area (Å²) in [6.45, 7) is 4.39. The zero-order valence-corrected chi connectivity index (χ0v) is 19.3. The molecule has 2 bridgehead atoms. The lowest BCUT2D eigenvalue weighted by molar-refractivity contribution is -0.138. The Morgan fingerprint density at radius 1 is 1.06 bits per heavy atom. The molecular weight excluding hydrogens is 466 g/mol. The lowest BCUT2D eigenvalue weighted by Crippen LogP contribution is -2.60. The van der Waals surface area contributed by atoms with Gasteiger partial charge in [0.15, 0.2) is 11.6 Å². The zero-order valence-electron chi connectivity index (χ0n) is 18.5. The number of hydrogen-bond donors (Lipinski definition) is 1. The van der Waals surface area contributed by atoms with Crippen LogP contribution in [0.3, 0.4) is 0 Å². The van der Waals surface area contributed by atoms with Crippen LogP contribution in [0.25, 0.3) is 0 Å². The van der Waals surface area contributed by atoms with Crippen LogP contribution in [0, 0.1) is 23.0 Å². The number of hydrogen-bond acceptors (Lipinski definition) is 7. The molecule has 0 amide bonds. The Morgan fingerprint density at radius 3 is 2.41 bits per heavy atom. The second-order valence-electron chi connectivity index (χ2n) is 8.36. The maximum absolute atomic E-state index is 13.9. The van der Waals surface area contributed by atoms with E-state index in [0.717, 1.165) is 12.1 Å². The molecule has 2 saturated heterocycles. The number of sulfonamides is 1. The van der Waals surface area contributed by atoms with E-state index in [1.165, 1.54) is 30.3 Å². The first-order valence-electron chi connectivity index (χ1n) is 11.0. The van der Waals surface area contributed by atoms with Crippen LogP contribution in [0.1, 0.15) is 5.56 Å². The van der Waals surface area contributed by atoms with E-state index in [-0.39, 0.29) is 35.0 Å². The number of morpholine rings is 2.